The van der Waals surface area contributed by atoms with Crippen LogP contribution in [0.4, 0.5) is 0 Å². The molecule has 0 aliphatic heterocycles. The van der Waals surface area contributed by atoms with Crippen LogP contribution in [0.2, 0.25) is 5.02 Å². The molecule has 0 radical (unpaired) electrons. The number of amides is 1. The Balaban J connectivity index is 2.72. The summed E-state index contributed by atoms with van der Waals surface area (Å²) in [5, 5.41) is 2.96. The predicted molar refractivity (Wildman–Crippen MR) is 89.1 cm³/mol. The van der Waals surface area contributed by atoms with E-state index < -0.39 is 14.6 Å². The lowest BCUT2D eigenvalue weighted by molar-refractivity contribution is 0.0956. The molecule has 0 heterocycles. The van der Waals surface area contributed by atoms with Crippen LogP contribution in [0.1, 0.15) is 31.1 Å². The van der Waals surface area contributed by atoms with Gasteiger partial charge in [0.05, 0.1) is 21.1 Å². The molecule has 1 N–H and O–H groups in total. The quantitative estimate of drug-likeness (QED) is 0.830. The molecule has 1 aromatic carbocycles. The minimum absolute atomic E-state index is 0.0677. The third-order valence-corrected chi connectivity index (χ3v) is 6.67. The van der Waals surface area contributed by atoms with Crippen molar-refractivity contribution < 1.29 is 13.2 Å². The highest BCUT2D eigenvalue weighted by Crippen LogP contribution is 2.23. The van der Waals surface area contributed by atoms with E-state index in [2.05, 4.69) is 5.32 Å². The predicted octanol–water partition coefficient (Wildman–Crippen LogP) is 3.01. The Morgan fingerprint density at radius 1 is 1.33 bits per heavy atom. The molecule has 0 aromatic heterocycles. The van der Waals surface area contributed by atoms with Gasteiger partial charge in [0.25, 0.3) is 5.91 Å². The number of carbonyl (C=O) groups excluding carboxylic acids is 1. The molecule has 4 nitrogen and oxygen atoms in total. The fourth-order valence-electron chi connectivity index (χ4n) is 1.51. The number of hydrogen-bond donors (Lipinski definition) is 1. The molecule has 1 amide bonds. The molecule has 1 aromatic rings. The zero-order chi connectivity index (χ0) is 16.3. The van der Waals surface area contributed by atoms with Gasteiger partial charge in [0.1, 0.15) is 0 Å². The highest BCUT2D eigenvalue weighted by molar-refractivity contribution is 7.98. The first-order valence-electron chi connectivity index (χ1n) is 6.42. The Bertz CT molecular complexity index is 622. The second-order valence-electron chi connectivity index (χ2n) is 5.53. The number of hydrogen-bond acceptors (Lipinski definition) is 4. The van der Waals surface area contributed by atoms with Crippen molar-refractivity contribution in [3.8, 4) is 0 Å². The highest BCUT2D eigenvalue weighted by Gasteiger charge is 2.28. The van der Waals surface area contributed by atoms with Crippen molar-refractivity contribution in [2.24, 2.45) is 0 Å². The first-order valence-corrected chi connectivity index (χ1v) is 9.68. The van der Waals surface area contributed by atoms with Gasteiger partial charge in [0.15, 0.2) is 9.84 Å². The molecule has 0 atom stereocenters. The maximum absolute atomic E-state index is 12.1. The van der Waals surface area contributed by atoms with Crippen molar-refractivity contribution in [2.45, 2.75) is 30.4 Å². The third kappa shape index (κ3) is 4.90. The Morgan fingerprint density at radius 3 is 2.48 bits per heavy atom. The molecule has 118 valence electrons. The Morgan fingerprint density at radius 2 is 1.95 bits per heavy atom. The molecule has 0 saturated heterocycles. The van der Waals surface area contributed by atoms with Crippen molar-refractivity contribution in [2.75, 3.05) is 18.6 Å². The third-order valence-electron chi connectivity index (χ3n) is 3.01. The lowest BCUT2D eigenvalue weighted by Crippen LogP contribution is -2.36. The van der Waals surface area contributed by atoms with E-state index in [-0.39, 0.29) is 18.2 Å². The molecular formula is C14H20ClNO3S2. The molecular weight excluding hydrogens is 330 g/mol. The van der Waals surface area contributed by atoms with Gasteiger partial charge >= 0.3 is 0 Å². The first-order chi connectivity index (χ1) is 9.58. The van der Waals surface area contributed by atoms with Crippen molar-refractivity contribution >= 4 is 39.1 Å². The SMILES string of the molecule is CSc1ccc(Cl)c(C(=O)NCCS(=O)(=O)C(C)(C)C)c1. The topological polar surface area (TPSA) is 63.2 Å². The molecule has 1 rings (SSSR count). The van der Waals surface area contributed by atoms with Gasteiger partial charge in [-0.1, -0.05) is 11.6 Å². The van der Waals surface area contributed by atoms with Crippen LogP contribution in [0.3, 0.4) is 0 Å². The summed E-state index contributed by atoms with van der Waals surface area (Å²) in [6.45, 7) is 4.99. The molecule has 7 heteroatoms. The molecule has 21 heavy (non-hydrogen) atoms. The number of halogens is 1. The van der Waals surface area contributed by atoms with Crippen LogP contribution in [-0.2, 0) is 9.84 Å². The number of sulfone groups is 1. The monoisotopic (exact) mass is 349 g/mol. The maximum atomic E-state index is 12.1. The van der Waals surface area contributed by atoms with E-state index in [0.29, 0.717) is 10.6 Å². The molecule has 0 aliphatic carbocycles. The van der Waals surface area contributed by atoms with Gasteiger partial charge < -0.3 is 5.32 Å². The second kappa shape index (κ2) is 7.03. The first kappa shape index (κ1) is 18.3. The van der Waals surface area contributed by atoms with E-state index in [9.17, 15) is 13.2 Å². The largest absolute Gasteiger partial charge is 0.351 e. The van der Waals surface area contributed by atoms with E-state index in [1.807, 2.05) is 12.3 Å². The molecule has 0 saturated carbocycles. The average Bonchev–Trinajstić information content (AvgIpc) is 2.37. The number of nitrogens with one attached hydrogen (secondary N) is 1. The lowest BCUT2D eigenvalue weighted by Gasteiger charge is -2.19. The zero-order valence-electron chi connectivity index (χ0n) is 12.6. The lowest BCUT2D eigenvalue weighted by atomic mass is 10.2. The van der Waals surface area contributed by atoms with E-state index in [4.69, 9.17) is 11.6 Å². The molecule has 0 fully saturated rings. The van der Waals surface area contributed by atoms with Gasteiger partial charge in [-0.15, -0.1) is 11.8 Å². The Labute approximate surface area is 135 Å². The number of carbonyl (C=O) groups is 1. The highest BCUT2D eigenvalue weighted by atomic mass is 35.5. The van der Waals surface area contributed by atoms with Crippen LogP contribution in [0, 0.1) is 0 Å². The number of benzene rings is 1. The van der Waals surface area contributed by atoms with Gasteiger partial charge in [0, 0.05) is 11.4 Å². The Hall–Kier alpha value is -0.720. The summed E-state index contributed by atoms with van der Waals surface area (Å²) < 4.78 is 23.1. The van der Waals surface area contributed by atoms with Crippen LogP contribution < -0.4 is 5.32 Å². The van der Waals surface area contributed by atoms with Gasteiger partial charge in [-0.3, -0.25) is 4.79 Å². The summed E-state index contributed by atoms with van der Waals surface area (Å²) in [7, 11) is -3.25. The van der Waals surface area contributed by atoms with Gasteiger partial charge in [-0.25, -0.2) is 8.42 Å². The van der Waals surface area contributed by atoms with E-state index >= 15 is 0 Å². The maximum Gasteiger partial charge on any atom is 0.252 e. The van der Waals surface area contributed by atoms with Crippen molar-refractivity contribution in [1.29, 1.82) is 0 Å². The van der Waals surface area contributed by atoms with Crippen molar-refractivity contribution in [1.82, 2.24) is 5.32 Å². The average molecular weight is 350 g/mol. The van der Waals surface area contributed by atoms with E-state index in [0.717, 1.165) is 4.90 Å². The minimum atomic E-state index is -3.25. The summed E-state index contributed by atoms with van der Waals surface area (Å²) >= 11 is 7.51. The molecule has 0 spiro atoms. The van der Waals surface area contributed by atoms with Gasteiger partial charge in [-0.05, 0) is 45.2 Å². The van der Waals surface area contributed by atoms with E-state index in [1.54, 1.807) is 32.9 Å². The van der Waals surface area contributed by atoms with Gasteiger partial charge in [-0.2, -0.15) is 0 Å². The summed E-state index contributed by atoms with van der Waals surface area (Å²) in [5.74, 6) is -0.456. The number of thioether (sulfide) groups is 1. The van der Waals surface area contributed by atoms with Crippen LogP contribution in [0.15, 0.2) is 23.1 Å². The van der Waals surface area contributed by atoms with Crippen molar-refractivity contribution in [3.63, 3.8) is 0 Å². The summed E-state index contributed by atoms with van der Waals surface area (Å²) in [6.07, 6.45) is 1.90. The van der Waals surface area contributed by atoms with Crippen LogP contribution in [-0.4, -0.2) is 37.6 Å². The van der Waals surface area contributed by atoms with Crippen molar-refractivity contribution in [3.05, 3.63) is 28.8 Å². The smallest absolute Gasteiger partial charge is 0.252 e. The summed E-state index contributed by atoms with van der Waals surface area (Å²) in [5.41, 5.74) is 0.358. The van der Waals surface area contributed by atoms with Crippen LogP contribution in [0.5, 0.6) is 0 Å². The van der Waals surface area contributed by atoms with Crippen LogP contribution in [0.25, 0.3) is 0 Å². The molecule has 0 unspecified atom stereocenters. The minimum Gasteiger partial charge on any atom is -0.351 e. The number of rotatable bonds is 5. The zero-order valence-corrected chi connectivity index (χ0v) is 15.0. The Kier molecular flexibility index (Phi) is 6.13. The van der Waals surface area contributed by atoms with E-state index in [1.165, 1.54) is 11.8 Å². The van der Waals surface area contributed by atoms with Crippen LogP contribution >= 0.6 is 23.4 Å². The fourth-order valence-corrected chi connectivity index (χ4v) is 3.13. The summed E-state index contributed by atoms with van der Waals surface area (Å²) in [4.78, 5) is 13.0. The molecule has 0 bridgehead atoms. The normalized spacial score (nSPS) is 12.2. The molecule has 0 aliphatic rings. The van der Waals surface area contributed by atoms with Gasteiger partial charge in [0.2, 0.25) is 0 Å². The standard InChI is InChI=1S/C14H20ClNO3S2/c1-14(2,3)21(18,19)8-7-16-13(17)11-9-10(20-4)5-6-12(11)15/h5-6,9H,7-8H2,1-4H3,(H,16,17). The second-order valence-corrected chi connectivity index (χ2v) is 9.68. The fraction of sp³-hybridized carbons (Fsp3) is 0.500. The summed E-state index contributed by atoms with van der Waals surface area (Å²) in [6, 6.07) is 5.18.